The van der Waals surface area contributed by atoms with Crippen LogP contribution in [0.4, 0.5) is 0 Å². The van der Waals surface area contributed by atoms with Crippen molar-refractivity contribution in [3.63, 3.8) is 0 Å². The van der Waals surface area contributed by atoms with Gasteiger partial charge in [-0.25, -0.2) is 0 Å². The summed E-state index contributed by atoms with van der Waals surface area (Å²) in [6.45, 7) is 8.77. The molecule has 0 saturated carbocycles. The van der Waals surface area contributed by atoms with Crippen LogP contribution in [-0.2, 0) is 0 Å². The molecular formula is C15H23NOS. The largest absolute Gasteiger partial charge is 0.486 e. The molecule has 0 amide bonds. The van der Waals surface area contributed by atoms with Gasteiger partial charge in [-0.3, -0.25) is 0 Å². The molecule has 0 radical (unpaired) electrons. The maximum absolute atomic E-state index is 6.04. The second kappa shape index (κ2) is 5.54. The van der Waals surface area contributed by atoms with Gasteiger partial charge in [0.2, 0.25) is 0 Å². The molecule has 0 aliphatic carbocycles. The Morgan fingerprint density at radius 2 is 2.11 bits per heavy atom. The van der Waals surface area contributed by atoms with Gasteiger partial charge in [-0.05, 0) is 32.6 Å². The van der Waals surface area contributed by atoms with E-state index in [0.29, 0.717) is 6.04 Å². The van der Waals surface area contributed by atoms with E-state index in [0.717, 1.165) is 11.5 Å². The van der Waals surface area contributed by atoms with Crippen molar-refractivity contribution < 1.29 is 4.74 Å². The molecule has 0 saturated heterocycles. The van der Waals surface area contributed by atoms with E-state index >= 15 is 0 Å². The fourth-order valence-electron chi connectivity index (χ4n) is 2.45. The lowest BCUT2D eigenvalue weighted by atomic mass is 9.94. The summed E-state index contributed by atoms with van der Waals surface area (Å²) in [6.07, 6.45) is 0. The molecule has 2 rings (SSSR count). The first-order chi connectivity index (χ1) is 8.54. The molecule has 1 N–H and O–H groups in total. The van der Waals surface area contributed by atoms with Crippen molar-refractivity contribution in [2.75, 3.05) is 11.5 Å². The second-order valence-corrected chi connectivity index (χ2v) is 6.72. The Hall–Kier alpha value is -0.670. The summed E-state index contributed by atoms with van der Waals surface area (Å²) in [6, 6.07) is 9.12. The molecule has 1 aliphatic rings. The molecule has 0 spiro atoms. The minimum absolute atomic E-state index is 0.172. The van der Waals surface area contributed by atoms with Gasteiger partial charge in [0, 0.05) is 17.4 Å². The molecule has 1 aromatic carbocycles. The van der Waals surface area contributed by atoms with E-state index < -0.39 is 0 Å². The van der Waals surface area contributed by atoms with Crippen molar-refractivity contribution in [2.45, 2.75) is 45.4 Å². The third-order valence-electron chi connectivity index (χ3n) is 3.32. The molecule has 3 heteroatoms. The zero-order chi connectivity index (χ0) is 13.2. The molecule has 2 nitrogen and oxygen atoms in total. The molecular weight excluding hydrogens is 242 g/mol. The standard InChI is InChI=1S/C15H23NOS/c1-5-18-10-11(2)16-14-12-8-6-7-9-13(12)17-15(14,3)4/h6-9,11,14,16H,5,10H2,1-4H3. The van der Waals surface area contributed by atoms with Crippen molar-refractivity contribution in [1.29, 1.82) is 0 Å². The number of thioether (sulfide) groups is 1. The molecule has 1 heterocycles. The molecule has 1 aliphatic heterocycles. The molecule has 100 valence electrons. The Balaban J connectivity index is 2.11. The summed E-state index contributed by atoms with van der Waals surface area (Å²) in [7, 11) is 0. The summed E-state index contributed by atoms with van der Waals surface area (Å²) in [4.78, 5) is 0. The Morgan fingerprint density at radius 3 is 2.83 bits per heavy atom. The number of fused-ring (bicyclic) bond motifs is 1. The molecule has 0 fully saturated rings. The Morgan fingerprint density at radius 1 is 1.39 bits per heavy atom. The van der Waals surface area contributed by atoms with E-state index in [1.807, 2.05) is 17.8 Å². The van der Waals surface area contributed by atoms with E-state index in [1.54, 1.807) is 0 Å². The molecule has 0 bridgehead atoms. The zero-order valence-corrected chi connectivity index (χ0v) is 12.5. The highest BCUT2D eigenvalue weighted by Gasteiger charge is 2.41. The molecule has 1 aromatic rings. The quantitative estimate of drug-likeness (QED) is 0.878. The Bertz CT molecular complexity index is 405. The summed E-state index contributed by atoms with van der Waals surface area (Å²) in [5, 5.41) is 3.71. The fraction of sp³-hybridized carbons (Fsp3) is 0.600. The van der Waals surface area contributed by atoms with Gasteiger partial charge >= 0.3 is 0 Å². The van der Waals surface area contributed by atoms with Gasteiger partial charge in [-0.2, -0.15) is 11.8 Å². The van der Waals surface area contributed by atoms with Crippen LogP contribution in [0.5, 0.6) is 5.75 Å². The Kier molecular flexibility index (Phi) is 4.23. The van der Waals surface area contributed by atoms with E-state index in [-0.39, 0.29) is 11.6 Å². The van der Waals surface area contributed by atoms with Crippen LogP contribution in [0.15, 0.2) is 24.3 Å². The average Bonchev–Trinajstić information content (AvgIpc) is 2.58. The maximum atomic E-state index is 6.04. The van der Waals surface area contributed by atoms with Crippen LogP contribution >= 0.6 is 11.8 Å². The van der Waals surface area contributed by atoms with Crippen LogP contribution < -0.4 is 10.1 Å². The van der Waals surface area contributed by atoms with Gasteiger partial charge in [-0.1, -0.05) is 25.1 Å². The van der Waals surface area contributed by atoms with Crippen molar-refractivity contribution in [3.8, 4) is 5.75 Å². The zero-order valence-electron chi connectivity index (χ0n) is 11.7. The lowest BCUT2D eigenvalue weighted by molar-refractivity contribution is 0.0931. The average molecular weight is 265 g/mol. The number of rotatable bonds is 5. The third-order valence-corrected chi connectivity index (χ3v) is 4.47. The Labute approximate surface area is 114 Å². The molecule has 18 heavy (non-hydrogen) atoms. The van der Waals surface area contributed by atoms with Crippen LogP contribution in [0.2, 0.25) is 0 Å². The number of hydrogen-bond donors (Lipinski definition) is 1. The highest BCUT2D eigenvalue weighted by Crippen LogP contribution is 2.42. The van der Waals surface area contributed by atoms with Gasteiger partial charge in [0.25, 0.3) is 0 Å². The topological polar surface area (TPSA) is 21.3 Å². The van der Waals surface area contributed by atoms with E-state index in [9.17, 15) is 0 Å². The highest BCUT2D eigenvalue weighted by atomic mass is 32.2. The van der Waals surface area contributed by atoms with Gasteiger partial charge in [0.15, 0.2) is 0 Å². The predicted octanol–water partition coefficient (Wildman–Crippen LogP) is 3.63. The first kappa shape index (κ1) is 13.8. The van der Waals surface area contributed by atoms with E-state index in [2.05, 4.69) is 51.2 Å². The third kappa shape index (κ3) is 2.83. The number of benzene rings is 1. The number of hydrogen-bond acceptors (Lipinski definition) is 3. The van der Waals surface area contributed by atoms with Crippen molar-refractivity contribution >= 4 is 11.8 Å². The SMILES string of the molecule is CCSCC(C)NC1c2ccccc2OC1(C)C. The lowest BCUT2D eigenvalue weighted by Crippen LogP contribution is -2.43. The predicted molar refractivity (Wildman–Crippen MR) is 79.5 cm³/mol. The highest BCUT2D eigenvalue weighted by molar-refractivity contribution is 7.99. The number of ether oxygens (including phenoxy) is 1. The van der Waals surface area contributed by atoms with Crippen LogP contribution in [0, 0.1) is 0 Å². The van der Waals surface area contributed by atoms with E-state index in [1.165, 1.54) is 11.3 Å². The number of para-hydroxylation sites is 1. The monoisotopic (exact) mass is 265 g/mol. The van der Waals surface area contributed by atoms with Gasteiger partial charge in [0.05, 0.1) is 6.04 Å². The molecule has 2 unspecified atom stereocenters. The summed E-state index contributed by atoms with van der Waals surface area (Å²) >= 11 is 1.98. The minimum atomic E-state index is -0.172. The summed E-state index contributed by atoms with van der Waals surface area (Å²) in [5.74, 6) is 3.34. The van der Waals surface area contributed by atoms with Gasteiger partial charge in [0.1, 0.15) is 11.4 Å². The fourth-order valence-corrected chi connectivity index (χ4v) is 3.13. The lowest BCUT2D eigenvalue weighted by Gasteiger charge is -2.30. The number of nitrogens with one attached hydrogen (secondary N) is 1. The first-order valence-corrected chi connectivity index (χ1v) is 7.82. The summed E-state index contributed by atoms with van der Waals surface area (Å²) in [5.41, 5.74) is 1.12. The van der Waals surface area contributed by atoms with Crippen LogP contribution in [0.3, 0.4) is 0 Å². The van der Waals surface area contributed by atoms with Crippen LogP contribution in [0.1, 0.15) is 39.3 Å². The van der Waals surface area contributed by atoms with Gasteiger partial charge in [-0.15, -0.1) is 0 Å². The molecule has 2 atom stereocenters. The van der Waals surface area contributed by atoms with Crippen LogP contribution in [-0.4, -0.2) is 23.1 Å². The van der Waals surface area contributed by atoms with Gasteiger partial charge < -0.3 is 10.1 Å². The van der Waals surface area contributed by atoms with Crippen molar-refractivity contribution in [1.82, 2.24) is 5.32 Å². The summed E-state index contributed by atoms with van der Waals surface area (Å²) < 4.78 is 6.04. The maximum Gasteiger partial charge on any atom is 0.125 e. The van der Waals surface area contributed by atoms with Crippen LogP contribution in [0.25, 0.3) is 0 Å². The minimum Gasteiger partial charge on any atom is -0.486 e. The molecule has 0 aromatic heterocycles. The second-order valence-electron chi connectivity index (χ2n) is 5.40. The van der Waals surface area contributed by atoms with Crippen molar-refractivity contribution in [2.24, 2.45) is 0 Å². The normalized spacial score (nSPS) is 22.3. The first-order valence-electron chi connectivity index (χ1n) is 6.66. The van der Waals surface area contributed by atoms with E-state index in [4.69, 9.17) is 4.74 Å². The smallest absolute Gasteiger partial charge is 0.125 e. The van der Waals surface area contributed by atoms with Crippen molar-refractivity contribution in [3.05, 3.63) is 29.8 Å².